The number of anilines is 1. The zero-order valence-corrected chi connectivity index (χ0v) is 24.9. The van der Waals surface area contributed by atoms with E-state index in [2.05, 4.69) is 26.8 Å². The van der Waals surface area contributed by atoms with Crippen molar-refractivity contribution in [3.05, 3.63) is 58.9 Å². The Morgan fingerprint density at radius 1 is 1.05 bits per heavy atom. The molecule has 3 saturated heterocycles. The van der Waals surface area contributed by atoms with Crippen molar-refractivity contribution in [2.75, 3.05) is 31.1 Å². The molecule has 1 spiro atoms. The van der Waals surface area contributed by atoms with Gasteiger partial charge >= 0.3 is 5.69 Å². The summed E-state index contributed by atoms with van der Waals surface area (Å²) in [7, 11) is 0. The molecule has 4 fully saturated rings. The minimum Gasteiger partial charge on any atom is -0.508 e. The number of pyridine rings is 1. The number of H-pyrrole nitrogens is 1. The fraction of sp³-hybridized carbons (Fsp3) is 0.471. The van der Waals surface area contributed by atoms with Gasteiger partial charge in [0, 0.05) is 49.8 Å². The number of benzene rings is 2. The number of carbonyl (C=O) groups excluding carboxylic acids is 1. The predicted octanol–water partition coefficient (Wildman–Crippen LogP) is 5.91. The summed E-state index contributed by atoms with van der Waals surface area (Å²) in [5.74, 6) is 0.0820. The largest absolute Gasteiger partial charge is 0.508 e. The van der Waals surface area contributed by atoms with Crippen LogP contribution in [0.4, 0.5) is 14.6 Å². The van der Waals surface area contributed by atoms with Gasteiger partial charge in [0.15, 0.2) is 5.82 Å². The van der Waals surface area contributed by atoms with Crippen LogP contribution in [0.3, 0.4) is 0 Å². The number of halogens is 2. The van der Waals surface area contributed by atoms with Gasteiger partial charge in [0.25, 0.3) is 0 Å². The predicted molar refractivity (Wildman–Crippen MR) is 166 cm³/mol. The third-order valence-electron chi connectivity index (χ3n) is 10.4. The highest BCUT2D eigenvalue weighted by Gasteiger charge is 2.45. The maximum absolute atomic E-state index is 15.8. The number of Topliss-reactive ketones (excluding diaryl/α,β-unsaturated/α-hetero) is 1. The van der Waals surface area contributed by atoms with Crippen molar-refractivity contribution in [1.29, 1.82) is 0 Å². The molecule has 1 aliphatic carbocycles. The SMILES string of the molecule is C[C@@]12CCCN1CC(F)C2.O=C1CCC2(CCN(c3nc(=O)[nH]c4c(F)c(-c5cc(O)cc6ccccc56)ncc34)CC2)C1. The Morgan fingerprint density at radius 3 is 2.59 bits per heavy atom. The number of nitrogens with zero attached hydrogens (tertiary/aromatic N) is 4. The van der Waals surface area contributed by atoms with Crippen molar-refractivity contribution in [1.82, 2.24) is 19.9 Å². The van der Waals surface area contributed by atoms with Crippen LogP contribution in [0.5, 0.6) is 5.75 Å². The molecule has 44 heavy (non-hydrogen) atoms. The van der Waals surface area contributed by atoms with E-state index in [1.54, 1.807) is 6.07 Å². The van der Waals surface area contributed by atoms with E-state index in [9.17, 15) is 19.1 Å². The first-order chi connectivity index (χ1) is 21.1. The number of alkyl halides is 1. The number of fused-ring (bicyclic) bond motifs is 3. The summed E-state index contributed by atoms with van der Waals surface area (Å²) >= 11 is 0. The number of hydrogen-bond acceptors (Lipinski definition) is 7. The molecule has 1 saturated carbocycles. The molecule has 0 bridgehead atoms. The normalized spacial score (nSPS) is 24.7. The van der Waals surface area contributed by atoms with E-state index in [1.807, 2.05) is 29.2 Å². The molecular weight excluding hydrogens is 564 g/mol. The highest BCUT2D eigenvalue weighted by Crippen LogP contribution is 2.46. The Balaban J connectivity index is 0.000000264. The molecule has 8 nitrogen and oxygen atoms in total. The van der Waals surface area contributed by atoms with Crippen molar-refractivity contribution < 1.29 is 18.7 Å². The second-order valence-electron chi connectivity index (χ2n) is 13.3. The number of carbonyl (C=O) groups is 1. The van der Waals surface area contributed by atoms with Crippen molar-refractivity contribution >= 4 is 33.3 Å². The number of phenols is 1. The Labute approximate surface area is 254 Å². The molecule has 8 rings (SSSR count). The van der Waals surface area contributed by atoms with Gasteiger partial charge in [-0.1, -0.05) is 24.3 Å². The molecule has 0 radical (unpaired) electrons. The number of hydrogen-bond donors (Lipinski definition) is 2. The fourth-order valence-electron chi connectivity index (χ4n) is 8.01. The van der Waals surface area contributed by atoms with E-state index < -0.39 is 17.7 Å². The van der Waals surface area contributed by atoms with Gasteiger partial charge in [-0.2, -0.15) is 4.98 Å². The number of phenolic OH excluding ortho intramolecular Hbond substituents is 1. The van der Waals surface area contributed by atoms with Gasteiger partial charge in [0.1, 0.15) is 29.2 Å². The summed E-state index contributed by atoms with van der Waals surface area (Å²) in [6.45, 7) is 5.31. The van der Waals surface area contributed by atoms with E-state index in [0.717, 1.165) is 43.0 Å². The van der Waals surface area contributed by atoms with Crippen LogP contribution in [0.15, 0.2) is 47.4 Å². The van der Waals surface area contributed by atoms with Gasteiger partial charge in [0.05, 0.1) is 10.9 Å². The molecule has 5 heterocycles. The highest BCUT2D eigenvalue weighted by molar-refractivity contribution is 5.99. The molecule has 1 unspecified atom stereocenters. The Hall–Kier alpha value is -3.92. The Bertz CT molecular complexity index is 1820. The molecule has 3 aliphatic heterocycles. The molecule has 0 amide bonds. The highest BCUT2D eigenvalue weighted by atomic mass is 19.1. The van der Waals surface area contributed by atoms with Gasteiger partial charge in [-0.05, 0) is 80.3 Å². The molecule has 2 aromatic heterocycles. The minimum atomic E-state index is -0.663. The van der Waals surface area contributed by atoms with Gasteiger partial charge < -0.3 is 15.0 Å². The standard InChI is InChI=1S/C26H23FN4O3.C8H14FN/c27-21-22(19-12-17(33)11-15-3-1-2-4-18(15)19)28-14-20-23(21)29-25(34)30-24(20)31-9-7-26(8-10-31)6-5-16(32)13-26;1-8-3-2-4-10(8)6-7(9)5-8/h1-4,11-12,14,33H,5-10,13H2,(H,29,30,34);7H,2-6H2,1H3/t;7?,8-/m.0/s1. The number of rotatable bonds is 2. The van der Waals surface area contributed by atoms with Crippen LogP contribution in [0, 0.1) is 11.2 Å². The third-order valence-corrected chi connectivity index (χ3v) is 10.4. The molecule has 230 valence electrons. The summed E-state index contributed by atoms with van der Waals surface area (Å²) in [6, 6.07) is 10.5. The lowest BCUT2D eigenvalue weighted by Crippen LogP contribution is -2.40. The van der Waals surface area contributed by atoms with Crippen molar-refractivity contribution in [2.24, 2.45) is 5.41 Å². The monoisotopic (exact) mass is 601 g/mol. The number of ketones is 1. The second-order valence-corrected chi connectivity index (χ2v) is 13.3. The molecule has 4 aromatic rings. The Kier molecular flexibility index (Phi) is 7.15. The van der Waals surface area contributed by atoms with Crippen LogP contribution >= 0.6 is 0 Å². The fourth-order valence-corrected chi connectivity index (χ4v) is 8.01. The van der Waals surface area contributed by atoms with Gasteiger partial charge in [-0.3, -0.25) is 14.7 Å². The van der Waals surface area contributed by atoms with Gasteiger partial charge in [-0.15, -0.1) is 0 Å². The van der Waals surface area contributed by atoms with E-state index in [4.69, 9.17) is 0 Å². The van der Waals surface area contributed by atoms with Crippen LogP contribution in [0.2, 0.25) is 0 Å². The van der Waals surface area contributed by atoms with Crippen LogP contribution < -0.4 is 10.6 Å². The number of nitrogens with one attached hydrogen (secondary N) is 1. The quantitative estimate of drug-likeness (QED) is 0.295. The zero-order valence-electron chi connectivity index (χ0n) is 24.9. The smallest absolute Gasteiger partial charge is 0.347 e. The van der Waals surface area contributed by atoms with Gasteiger partial charge in [0.2, 0.25) is 0 Å². The lowest BCUT2D eigenvalue weighted by Gasteiger charge is -2.39. The van der Waals surface area contributed by atoms with Crippen molar-refractivity contribution in [2.45, 2.75) is 70.0 Å². The summed E-state index contributed by atoms with van der Waals surface area (Å²) in [5, 5.41) is 12.1. The average Bonchev–Trinajstić information content (AvgIpc) is 3.63. The molecule has 10 heteroatoms. The maximum atomic E-state index is 15.8. The van der Waals surface area contributed by atoms with Crippen molar-refractivity contribution in [3.8, 4) is 17.0 Å². The second kappa shape index (κ2) is 10.9. The maximum Gasteiger partial charge on any atom is 0.347 e. The summed E-state index contributed by atoms with van der Waals surface area (Å²) in [5.41, 5.74) is 0.200. The molecular formula is C34H37F2N5O3. The first kappa shape index (κ1) is 28.8. The molecule has 2 aromatic carbocycles. The number of aromatic hydroxyl groups is 1. The van der Waals surface area contributed by atoms with Crippen LogP contribution in [0.25, 0.3) is 32.9 Å². The molecule has 4 aliphatic rings. The average molecular weight is 602 g/mol. The van der Waals surface area contributed by atoms with E-state index in [-0.39, 0.29) is 27.9 Å². The third kappa shape index (κ3) is 5.12. The van der Waals surface area contributed by atoms with Crippen LogP contribution in [-0.2, 0) is 4.79 Å². The number of aromatic amines is 1. The molecule has 2 N–H and O–H groups in total. The van der Waals surface area contributed by atoms with E-state index in [1.165, 1.54) is 25.1 Å². The summed E-state index contributed by atoms with van der Waals surface area (Å²) in [6.07, 6.45) is 8.11. The van der Waals surface area contributed by atoms with Crippen LogP contribution in [0.1, 0.15) is 58.3 Å². The lowest BCUT2D eigenvalue weighted by atomic mass is 9.77. The van der Waals surface area contributed by atoms with Crippen molar-refractivity contribution in [3.63, 3.8) is 0 Å². The topological polar surface area (TPSA) is 102 Å². The number of aromatic nitrogens is 3. The number of piperidine rings is 1. The first-order valence-corrected chi connectivity index (χ1v) is 15.6. The van der Waals surface area contributed by atoms with E-state index in [0.29, 0.717) is 55.0 Å². The minimum absolute atomic E-state index is 0.00606. The first-order valence-electron chi connectivity index (χ1n) is 15.6. The van der Waals surface area contributed by atoms with Crippen LogP contribution in [-0.4, -0.2) is 68.6 Å². The zero-order chi connectivity index (χ0) is 30.6. The summed E-state index contributed by atoms with van der Waals surface area (Å²) < 4.78 is 28.7. The Morgan fingerprint density at radius 2 is 1.84 bits per heavy atom. The lowest BCUT2D eigenvalue weighted by molar-refractivity contribution is -0.118. The van der Waals surface area contributed by atoms with Gasteiger partial charge in [-0.25, -0.2) is 13.6 Å². The molecule has 2 atom stereocenters. The van der Waals surface area contributed by atoms with E-state index >= 15 is 4.39 Å². The summed E-state index contributed by atoms with van der Waals surface area (Å²) in [4.78, 5) is 39.7.